The van der Waals surface area contributed by atoms with E-state index in [0.717, 1.165) is 36.5 Å². The average Bonchev–Trinajstić information content (AvgIpc) is 2.76. The van der Waals surface area contributed by atoms with Crippen LogP contribution in [0.1, 0.15) is 17.7 Å². The molecule has 0 saturated heterocycles. The molecule has 0 aliphatic rings. The summed E-state index contributed by atoms with van der Waals surface area (Å²) >= 11 is 0. The van der Waals surface area contributed by atoms with Gasteiger partial charge in [-0.05, 0) is 26.3 Å². The highest BCUT2D eigenvalue weighted by molar-refractivity contribution is 5.55. The smallest absolute Gasteiger partial charge is 0.137 e. The molecule has 0 saturated carbocycles. The molecule has 1 aromatic heterocycles. The van der Waals surface area contributed by atoms with Gasteiger partial charge in [-0.1, -0.05) is 29.8 Å². The monoisotopic (exact) mass is 215 g/mol. The topological polar surface area (TPSA) is 54.7 Å². The fourth-order valence-electron chi connectivity index (χ4n) is 1.64. The highest BCUT2D eigenvalue weighted by Crippen LogP contribution is 2.16. The molecule has 0 bridgehead atoms. The van der Waals surface area contributed by atoms with Crippen molar-refractivity contribution < 1.29 is 0 Å². The minimum atomic E-state index is 0.721. The lowest BCUT2D eigenvalue weighted by Gasteiger charge is -1.98. The Morgan fingerprint density at radius 2 is 2.00 bits per heavy atom. The van der Waals surface area contributed by atoms with Crippen LogP contribution in [0.25, 0.3) is 11.4 Å². The Hall–Kier alpha value is -1.61. The van der Waals surface area contributed by atoms with Crippen molar-refractivity contribution in [2.75, 3.05) is 6.54 Å². The first-order chi connectivity index (χ1) is 7.79. The average molecular weight is 215 g/mol. The summed E-state index contributed by atoms with van der Waals surface area (Å²) in [5, 5.41) is 0. The van der Waals surface area contributed by atoms with Crippen molar-refractivity contribution in [3.63, 3.8) is 0 Å². The maximum absolute atomic E-state index is 5.48. The number of nitrogens with two attached hydrogens (primary N) is 1. The van der Waals surface area contributed by atoms with Crippen molar-refractivity contribution in [1.29, 1.82) is 0 Å². The summed E-state index contributed by atoms with van der Waals surface area (Å²) in [6.45, 7) is 2.80. The molecule has 3 nitrogen and oxygen atoms in total. The second-order valence-corrected chi connectivity index (χ2v) is 4.02. The summed E-state index contributed by atoms with van der Waals surface area (Å²) in [4.78, 5) is 7.69. The van der Waals surface area contributed by atoms with Gasteiger partial charge in [0.1, 0.15) is 5.82 Å². The summed E-state index contributed by atoms with van der Waals surface area (Å²) in [6, 6.07) is 8.36. The fraction of sp³-hybridized carbons (Fsp3) is 0.308. The van der Waals surface area contributed by atoms with E-state index >= 15 is 0 Å². The minimum Gasteiger partial charge on any atom is -0.342 e. The Kier molecular flexibility index (Phi) is 3.37. The molecule has 1 heterocycles. The van der Waals surface area contributed by atoms with Crippen molar-refractivity contribution in [2.24, 2.45) is 5.73 Å². The predicted molar refractivity (Wildman–Crippen MR) is 66.1 cm³/mol. The first-order valence-electron chi connectivity index (χ1n) is 5.60. The summed E-state index contributed by atoms with van der Waals surface area (Å²) < 4.78 is 0. The van der Waals surface area contributed by atoms with Gasteiger partial charge in [-0.15, -0.1) is 0 Å². The van der Waals surface area contributed by atoms with E-state index in [2.05, 4.69) is 41.2 Å². The molecular formula is C13H17N3. The summed E-state index contributed by atoms with van der Waals surface area (Å²) in [5.41, 5.74) is 9.02. The van der Waals surface area contributed by atoms with E-state index < -0.39 is 0 Å². The van der Waals surface area contributed by atoms with Crippen LogP contribution in [0.15, 0.2) is 30.5 Å². The molecule has 2 aromatic rings. The molecule has 3 heteroatoms. The number of hydrogen-bond donors (Lipinski definition) is 2. The van der Waals surface area contributed by atoms with Crippen molar-refractivity contribution in [3.8, 4) is 11.4 Å². The summed E-state index contributed by atoms with van der Waals surface area (Å²) in [5.74, 6) is 0.937. The van der Waals surface area contributed by atoms with E-state index in [-0.39, 0.29) is 0 Å². The van der Waals surface area contributed by atoms with Crippen LogP contribution in [-0.2, 0) is 6.42 Å². The molecule has 0 atom stereocenters. The largest absolute Gasteiger partial charge is 0.342 e. The molecule has 0 fully saturated rings. The van der Waals surface area contributed by atoms with Crippen molar-refractivity contribution in [2.45, 2.75) is 19.8 Å². The second kappa shape index (κ2) is 4.94. The third kappa shape index (κ3) is 2.49. The molecule has 16 heavy (non-hydrogen) atoms. The normalized spacial score (nSPS) is 10.6. The minimum absolute atomic E-state index is 0.721. The Balaban J connectivity index is 2.15. The first-order valence-corrected chi connectivity index (χ1v) is 5.60. The zero-order chi connectivity index (χ0) is 11.4. The SMILES string of the molecule is Cc1ccc(-c2ncc(CCCN)[nH]2)cc1. The maximum atomic E-state index is 5.48. The van der Waals surface area contributed by atoms with Gasteiger partial charge in [-0.3, -0.25) is 0 Å². The van der Waals surface area contributed by atoms with Gasteiger partial charge in [0.05, 0.1) is 0 Å². The van der Waals surface area contributed by atoms with Gasteiger partial charge in [-0.2, -0.15) is 0 Å². The van der Waals surface area contributed by atoms with Gasteiger partial charge in [0.2, 0.25) is 0 Å². The number of aromatic amines is 1. The quantitative estimate of drug-likeness (QED) is 0.822. The van der Waals surface area contributed by atoms with E-state index in [1.807, 2.05) is 6.20 Å². The molecule has 0 spiro atoms. The van der Waals surface area contributed by atoms with E-state index in [0.29, 0.717) is 0 Å². The van der Waals surface area contributed by atoms with Crippen LogP contribution in [0, 0.1) is 6.92 Å². The number of aromatic nitrogens is 2. The van der Waals surface area contributed by atoms with Crippen molar-refractivity contribution >= 4 is 0 Å². The zero-order valence-electron chi connectivity index (χ0n) is 9.53. The Labute approximate surface area is 95.7 Å². The van der Waals surface area contributed by atoms with Crippen LogP contribution in [0.3, 0.4) is 0 Å². The van der Waals surface area contributed by atoms with Gasteiger partial charge in [0.25, 0.3) is 0 Å². The van der Waals surface area contributed by atoms with Gasteiger partial charge < -0.3 is 10.7 Å². The number of H-pyrrole nitrogens is 1. The Morgan fingerprint density at radius 1 is 1.25 bits per heavy atom. The molecule has 0 aliphatic carbocycles. The third-order valence-corrected chi connectivity index (χ3v) is 2.60. The predicted octanol–water partition coefficient (Wildman–Crippen LogP) is 2.28. The molecule has 2 rings (SSSR count). The molecule has 1 aromatic carbocycles. The molecule has 0 unspecified atom stereocenters. The van der Waals surface area contributed by atoms with Crippen LogP contribution in [0.2, 0.25) is 0 Å². The third-order valence-electron chi connectivity index (χ3n) is 2.60. The van der Waals surface area contributed by atoms with Gasteiger partial charge in [0.15, 0.2) is 0 Å². The number of imidazole rings is 1. The molecule has 3 N–H and O–H groups in total. The van der Waals surface area contributed by atoms with Crippen LogP contribution in [0.5, 0.6) is 0 Å². The highest BCUT2D eigenvalue weighted by atomic mass is 14.9. The lowest BCUT2D eigenvalue weighted by Crippen LogP contribution is -2.00. The van der Waals surface area contributed by atoms with Crippen LogP contribution in [-0.4, -0.2) is 16.5 Å². The lowest BCUT2D eigenvalue weighted by atomic mass is 10.1. The standard InChI is InChI=1S/C13H17N3/c1-10-4-6-11(7-5-10)13-15-9-12(16-13)3-2-8-14/h4-7,9H,2-3,8,14H2,1H3,(H,15,16). The van der Waals surface area contributed by atoms with Crippen LogP contribution in [0.4, 0.5) is 0 Å². The van der Waals surface area contributed by atoms with Crippen molar-refractivity contribution in [1.82, 2.24) is 9.97 Å². The number of nitrogens with one attached hydrogen (secondary N) is 1. The Bertz CT molecular complexity index is 442. The van der Waals surface area contributed by atoms with Gasteiger partial charge >= 0.3 is 0 Å². The van der Waals surface area contributed by atoms with E-state index in [9.17, 15) is 0 Å². The van der Waals surface area contributed by atoms with E-state index in [1.165, 1.54) is 5.56 Å². The maximum Gasteiger partial charge on any atom is 0.137 e. The van der Waals surface area contributed by atoms with Gasteiger partial charge in [-0.25, -0.2) is 4.98 Å². The highest BCUT2D eigenvalue weighted by Gasteiger charge is 2.02. The molecule has 84 valence electrons. The number of aryl methyl sites for hydroxylation is 2. The molecule has 0 radical (unpaired) electrons. The lowest BCUT2D eigenvalue weighted by molar-refractivity contribution is 0.816. The summed E-state index contributed by atoms with van der Waals surface area (Å²) in [7, 11) is 0. The number of rotatable bonds is 4. The Morgan fingerprint density at radius 3 is 2.69 bits per heavy atom. The molecular weight excluding hydrogens is 198 g/mol. The fourth-order valence-corrected chi connectivity index (χ4v) is 1.64. The molecule has 0 aliphatic heterocycles. The number of benzene rings is 1. The van der Waals surface area contributed by atoms with Crippen LogP contribution < -0.4 is 5.73 Å². The number of nitrogens with zero attached hydrogens (tertiary/aromatic N) is 1. The summed E-state index contributed by atoms with van der Waals surface area (Å²) in [6.07, 6.45) is 3.86. The van der Waals surface area contributed by atoms with Crippen molar-refractivity contribution in [3.05, 3.63) is 41.7 Å². The number of hydrogen-bond acceptors (Lipinski definition) is 2. The first kappa shape index (κ1) is 10.9. The second-order valence-electron chi connectivity index (χ2n) is 4.02. The van der Waals surface area contributed by atoms with E-state index in [1.54, 1.807) is 0 Å². The van der Waals surface area contributed by atoms with E-state index in [4.69, 9.17) is 5.73 Å². The molecule has 0 amide bonds. The van der Waals surface area contributed by atoms with Crippen LogP contribution >= 0.6 is 0 Å². The zero-order valence-corrected chi connectivity index (χ0v) is 9.53. The van der Waals surface area contributed by atoms with Gasteiger partial charge in [0, 0.05) is 17.5 Å².